The van der Waals surface area contributed by atoms with Gasteiger partial charge >= 0.3 is 0 Å². The molecule has 0 unspecified atom stereocenters. The number of rotatable bonds is 5. The highest BCUT2D eigenvalue weighted by Gasteiger charge is 2.06. The summed E-state index contributed by atoms with van der Waals surface area (Å²) in [6.45, 7) is 7.18. The van der Waals surface area contributed by atoms with Crippen LogP contribution in [0.25, 0.3) is 0 Å². The van der Waals surface area contributed by atoms with E-state index in [2.05, 4.69) is 56.4 Å². The summed E-state index contributed by atoms with van der Waals surface area (Å²) in [6.07, 6.45) is 0.952. The van der Waals surface area contributed by atoms with Crippen LogP contribution >= 0.6 is 0 Å². The van der Waals surface area contributed by atoms with E-state index in [0.29, 0.717) is 6.04 Å². The maximum Gasteiger partial charge on any atom is 0.117 e. The molecule has 0 aliphatic heterocycles. The van der Waals surface area contributed by atoms with Gasteiger partial charge in [0.1, 0.15) is 11.5 Å². The van der Waals surface area contributed by atoms with Gasteiger partial charge in [-0.3, -0.25) is 0 Å². The van der Waals surface area contributed by atoms with Gasteiger partial charge in [0.25, 0.3) is 0 Å². The van der Waals surface area contributed by atoms with Crippen LogP contribution in [0.3, 0.4) is 0 Å². The van der Waals surface area contributed by atoms with E-state index >= 15 is 0 Å². The minimum absolute atomic E-state index is 0.333. The predicted octanol–water partition coefficient (Wildman–Crippen LogP) is 4.00. The van der Waals surface area contributed by atoms with Gasteiger partial charge in [0.2, 0.25) is 0 Å². The molecule has 0 saturated carbocycles. The Balaban J connectivity index is 1.93. The molecule has 1 atom stereocenters. The lowest BCUT2D eigenvalue weighted by Crippen LogP contribution is -2.17. The number of aryl methyl sites for hydroxylation is 2. The Morgan fingerprint density at radius 2 is 1.94 bits per heavy atom. The van der Waals surface area contributed by atoms with Crippen molar-refractivity contribution < 1.29 is 4.42 Å². The van der Waals surface area contributed by atoms with E-state index in [4.69, 9.17) is 4.42 Å². The molecule has 0 aliphatic carbocycles. The van der Waals surface area contributed by atoms with Gasteiger partial charge < -0.3 is 9.73 Å². The molecule has 1 N–H and O–H groups in total. The normalized spacial score (nSPS) is 12.6. The molecule has 0 aliphatic rings. The van der Waals surface area contributed by atoms with Gasteiger partial charge in [-0.25, -0.2) is 0 Å². The molecule has 0 amide bonds. The Hall–Kier alpha value is -1.54. The maximum absolute atomic E-state index is 5.68. The SMILES string of the molecule is CCc1ccc(CN[C@@H](C)c2cccc(C)c2)o1. The van der Waals surface area contributed by atoms with Gasteiger partial charge in [0.05, 0.1) is 6.54 Å². The lowest BCUT2D eigenvalue weighted by molar-refractivity contribution is 0.435. The summed E-state index contributed by atoms with van der Waals surface area (Å²) < 4.78 is 5.68. The van der Waals surface area contributed by atoms with Crippen molar-refractivity contribution in [2.24, 2.45) is 0 Å². The molecular formula is C16H21NO. The summed E-state index contributed by atoms with van der Waals surface area (Å²) in [5, 5.41) is 3.49. The second-order valence-electron chi connectivity index (χ2n) is 4.74. The summed E-state index contributed by atoms with van der Waals surface area (Å²) in [6, 6.07) is 13.0. The largest absolute Gasteiger partial charge is 0.465 e. The molecule has 0 fully saturated rings. The smallest absolute Gasteiger partial charge is 0.117 e. The number of furan rings is 1. The van der Waals surface area contributed by atoms with Crippen LogP contribution in [-0.4, -0.2) is 0 Å². The van der Waals surface area contributed by atoms with E-state index < -0.39 is 0 Å². The first-order chi connectivity index (χ1) is 8.69. The van der Waals surface area contributed by atoms with Gasteiger partial charge in [-0.15, -0.1) is 0 Å². The van der Waals surface area contributed by atoms with Crippen LogP contribution < -0.4 is 5.32 Å². The molecule has 0 spiro atoms. The van der Waals surface area contributed by atoms with Crippen LogP contribution in [0.2, 0.25) is 0 Å². The number of nitrogens with one attached hydrogen (secondary N) is 1. The zero-order chi connectivity index (χ0) is 13.0. The third kappa shape index (κ3) is 3.23. The van der Waals surface area contributed by atoms with Crippen LogP contribution in [0, 0.1) is 6.92 Å². The first-order valence-electron chi connectivity index (χ1n) is 6.56. The first-order valence-corrected chi connectivity index (χ1v) is 6.56. The summed E-state index contributed by atoms with van der Waals surface area (Å²) in [5.41, 5.74) is 2.62. The van der Waals surface area contributed by atoms with Crippen LogP contribution in [-0.2, 0) is 13.0 Å². The lowest BCUT2D eigenvalue weighted by Gasteiger charge is -2.13. The van der Waals surface area contributed by atoms with E-state index in [1.807, 2.05) is 6.07 Å². The van der Waals surface area contributed by atoms with E-state index in [0.717, 1.165) is 24.5 Å². The molecule has 1 aromatic carbocycles. The summed E-state index contributed by atoms with van der Waals surface area (Å²) in [4.78, 5) is 0. The third-order valence-electron chi connectivity index (χ3n) is 3.19. The van der Waals surface area contributed by atoms with Crippen molar-refractivity contribution in [2.75, 3.05) is 0 Å². The molecule has 0 bridgehead atoms. The topological polar surface area (TPSA) is 25.2 Å². The Labute approximate surface area is 109 Å². The Morgan fingerprint density at radius 1 is 1.17 bits per heavy atom. The van der Waals surface area contributed by atoms with Gasteiger partial charge in [-0.1, -0.05) is 36.8 Å². The molecule has 18 heavy (non-hydrogen) atoms. The monoisotopic (exact) mass is 243 g/mol. The second kappa shape index (κ2) is 5.87. The summed E-state index contributed by atoms with van der Waals surface area (Å²) in [7, 11) is 0. The van der Waals surface area contributed by atoms with Crippen LogP contribution in [0.1, 0.15) is 42.5 Å². The van der Waals surface area contributed by atoms with Crippen molar-refractivity contribution in [1.82, 2.24) is 5.32 Å². The van der Waals surface area contributed by atoms with Crippen molar-refractivity contribution >= 4 is 0 Å². The Bertz CT molecular complexity index is 501. The molecule has 96 valence electrons. The number of hydrogen-bond acceptors (Lipinski definition) is 2. The standard InChI is InChI=1S/C16H21NO/c1-4-15-8-9-16(18-15)11-17-13(3)14-7-5-6-12(2)10-14/h5-10,13,17H,4,11H2,1-3H3/t13-/m0/s1. The molecule has 2 heteroatoms. The molecule has 1 aromatic heterocycles. The molecule has 2 aromatic rings. The Kier molecular flexibility index (Phi) is 4.21. The molecule has 0 radical (unpaired) electrons. The number of hydrogen-bond donors (Lipinski definition) is 1. The van der Waals surface area contributed by atoms with Crippen LogP contribution in [0.4, 0.5) is 0 Å². The second-order valence-corrected chi connectivity index (χ2v) is 4.74. The van der Waals surface area contributed by atoms with Crippen molar-refractivity contribution in [1.29, 1.82) is 0 Å². The first kappa shape index (κ1) is 12.9. The van der Waals surface area contributed by atoms with Crippen molar-refractivity contribution in [2.45, 2.75) is 39.8 Å². The highest BCUT2D eigenvalue weighted by molar-refractivity contribution is 5.24. The maximum atomic E-state index is 5.68. The summed E-state index contributed by atoms with van der Waals surface area (Å²) >= 11 is 0. The molecule has 2 nitrogen and oxygen atoms in total. The Morgan fingerprint density at radius 3 is 2.61 bits per heavy atom. The van der Waals surface area contributed by atoms with Crippen molar-refractivity contribution in [3.8, 4) is 0 Å². The minimum atomic E-state index is 0.333. The molecule has 0 saturated heterocycles. The zero-order valence-corrected chi connectivity index (χ0v) is 11.4. The molecule has 1 heterocycles. The highest BCUT2D eigenvalue weighted by Crippen LogP contribution is 2.15. The van der Waals surface area contributed by atoms with E-state index in [-0.39, 0.29) is 0 Å². The highest BCUT2D eigenvalue weighted by atomic mass is 16.3. The van der Waals surface area contributed by atoms with Gasteiger partial charge in [0, 0.05) is 12.5 Å². The van der Waals surface area contributed by atoms with Gasteiger partial charge in [-0.2, -0.15) is 0 Å². The average molecular weight is 243 g/mol. The molecule has 2 rings (SSSR count). The third-order valence-corrected chi connectivity index (χ3v) is 3.19. The minimum Gasteiger partial charge on any atom is -0.465 e. The van der Waals surface area contributed by atoms with Crippen molar-refractivity contribution in [3.63, 3.8) is 0 Å². The average Bonchev–Trinajstić information content (AvgIpc) is 2.84. The van der Waals surface area contributed by atoms with Crippen molar-refractivity contribution in [3.05, 3.63) is 59.0 Å². The summed E-state index contributed by atoms with van der Waals surface area (Å²) in [5.74, 6) is 2.06. The van der Waals surface area contributed by atoms with Crippen LogP contribution in [0.15, 0.2) is 40.8 Å². The fourth-order valence-corrected chi connectivity index (χ4v) is 2.02. The van der Waals surface area contributed by atoms with Gasteiger partial charge in [0.15, 0.2) is 0 Å². The zero-order valence-electron chi connectivity index (χ0n) is 11.4. The van der Waals surface area contributed by atoms with E-state index in [9.17, 15) is 0 Å². The van der Waals surface area contributed by atoms with Crippen LogP contribution in [0.5, 0.6) is 0 Å². The quantitative estimate of drug-likeness (QED) is 0.858. The fraction of sp³-hybridized carbons (Fsp3) is 0.375. The predicted molar refractivity (Wildman–Crippen MR) is 74.5 cm³/mol. The number of benzene rings is 1. The fourth-order valence-electron chi connectivity index (χ4n) is 2.02. The van der Waals surface area contributed by atoms with E-state index in [1.54, 1.807) is 0 Å². The molecular weight excluding hydrogens is 222 g/mol. The van der Waals surface area contributed by atoms with Gasteiger partial charge in [-0.05, 0) is 31.5 Å². The lowest BCUT2D eigenvalue weighted by atomic mass is 10.1. The van der Waals surface area contributed by atoms with E-state index in [1.165, 1.54) is 11.1 Å².